The maximum absolute atomic E-state index is 14.8. The lowest BCUT2D eigenvalue weighted by Crippen LogP contribution is -2.63. The van der Waals surface area contributed by atoms with Gasteiger partial charge in [-0.25, -0.2) is 0 Å². The molecule has 3 rings (SSSR count). The van der Waals surface area contributed by atoms with Crippen LogP contribution in [0.5, 0.6) is 11.5 Å². The molecule has 0 aliphatic carbocycles. The Labute approximate surface area is 700 Å². The van der Waals surface area contributed by atoms with Crippen molar-refractivity contribution < 1.29 is 137 Å². The quantitative estimate of drug-likeness (QED) is 0.0274. The van der Waals surface area contributed by atoms with Gasteiger partial charge in [-0.3, -0.25) is 95.9 Å². The highest BCUT2D eigenvalue weighted by Gasteiger charge is 2.41. The summed E-state index contributed by atoms with van der Waals surface area (Å²) in [6.07, 6.45) is -4.69. The van der Waals surface area contributed by atoms with Crippen molar-refractivity contribution in [2.45, 2.75) is 217 Å². The van der Waals surface area contributed by atoms with E-state index in [0.717, 1.165) is 18.7 Å². The Morgan fingerprint density at radius 3 is 1.33 bits per heavy atom. The van der Waals surface area contributed by atoms with Gasteiger partial charge in [0.25, 0.3) is 0 Å². The maximum Gasteiger partial charge on any atom is 0.322 e. The summed E-state index contributed by atoms with van der Waals surface area (Å²) in [5.41, 5.74) is 11.5. The fourth-order valence-electron chi connectivity index (χ4n) is 12.1. The Bertz CT molecular complexity index is 4020. The van der Waals surface area contributed by atoms with E-state index < -0.39 is 292 Å². The Kier molecular flexibility index (Phi) is 43.8. The maximum atomic E-state index is 14.8. The Balaban J connectivity index is 1.84. The van der Waals surface area contributed by atoms with Gasteiger partial charge in [0.1, 0.15) is 96.6 Å². The predicted octanol–water partition coefficient (Wildman–Crippen LogP) is -8.22. The number of nitrogens with two attached hydrogens (primary N) is 2. The number of hydrogen-bond acceptors (Lipinski definition) is 26. The van der Waals surface area contributed by atoms with Crippen LogP contribution in [0.15, 0.2) is 48.5 Å². The molecule has 1 saturated heterocycles. The first-order chi connectivity index (χ1) is 57.3. The number of rotatable bonds is 53. The summed E-state index contributed by atoms with van der Waals surface area (Å²) in [5.74, 6) is -25.8. The minimum absolute atomic E-state index is 0.00267. The van der Waals surface area contributed by atoms with Gasteiger partial charge in [-0.2, -0.15) is 0 Å². The number of carbonyl (C=O) groups is 20. The second-order valence-electron chi connectivity index (χ2n) is 29.7. The zero-order valence-electron chi connectivity index (χ0n) is 68.7. The molecule has 15 atom stereocenters. The van der Waals surface area contributed by atoms with Crippen LogP contribution in [0.25, 0.3) is 0 Å². The molecular formula is C76H114N18O28. The van der Waals surface area contributed by atoms with Gasteiger partial charge in [-0.1, -0.05) is 72.2 Å². The van der Waals surface area contributed by atoms with E-state index in [1.54, 1.807) is 13.8 Å². The van der Waals surface area contributed by atoms with Crippen molar-refractivity contribution in [1.29, 1.82) is 0 Å². The lowest BCUT2D eigenvalue weighted by atomic mass is 9.97. The average molecular weight is 1730 g/mol. The molecule has 0 unspecified atom stereocenters. The summed E-state index contributed by atoms with van der Waals surface area (Å²) >= 11 is 0. The lowest BCUT2D eigenvalue weighted by Gasteiger charge is -2.29. The molecule has 46 heteroatoms. The highest BCUT2D eigenvalue weighted by atomic mass is 16.4. The van der Waals surface area contributed by atoms with Crippen molar-refractivity contribution in [3.63, 3.8) is 0 Å². The van der Waals surface area contributed by atoms with Crippen molar-refractivity contribution in [3.8, 4) is 11.5 Å². The molecule has 2 aromatic rings. The lowest BCUT2D eigenvalue weighted by molar-refractivity contribution is -0.142. The number of phenolic OH excluding ortho intramolecular Hbond substituents is 2. The van der Waals surface area contributed by atoms with Crippen molar-refractivity contribution in [1.82, 2.24) is 84.7 Å². The van der Waals surface area contributed by atoms with Crippen LogP contribution >= 0.6 is 0 Å². The zero-order valence-corrected chi connectivity index (χ0v) is 68.7. The molecule has 1 fully saturated rings. The fraction of sp³-hybridized carbons (Fsp3) is 0.579. The van der Waals surface area contributed by atoms with E-state index in [9.17, 15) is 132 Å². The summed E-state index contributed by atoms with van der Waals surface area (Å²) in [6.45, 7) is 7.35. The SMILES string of the molecule is CC[C@H](C)[C@H](NC(=O)CN)C(=O)N[C@@H](CCC(=O)O)C(=O)NCC(=O)N1CCC[C@H]1C(=O)NCC(=O)N[C@@H](CC(=O)O)C(=O)N[C@H](C(=O)N[C@H](C(=O)N[C@@H](Cc1ccc(O)cc1)C(=O)N[C@@H](Cc1ccc(O)cc1)C(=O)N[C@@H](C)C(=O)N[C@@H](CC(=O)O)C(=O)N[C@@H](CO)C(=O)N[C@H](C(=O)N[C@@H](CCCCN)C(=O)NCC(=O)O)C(C)C)[C@@H](C)O)C(C)C. The molecule has 2 aromatic carbocycles. The number of nitrogens with one attached hydrogen (secondary N) is 15. The van der Waals surface area contributed by atoms with Crippen LogP contribution < -0.4 is 91.2 Å². The molecule has 0 saturated carbocycles. The summed E-state index contributed by atoms with van der Waals surface area (Å²) in [4.78, 5) is 267. The van der Waals surface area contributed by atoms with E-state index in [-0.39, 0.29) is 55.0 Å². The molecule has 27 N–H and O–H groups in total. The van der Waals surface area contributed by atoms with Crippen LogP contribution in [0.4, 0.5) is 0 Å². The first kappa shape index (κ1) is 103. The highest BCUT2D eigenvalue weighted by Crippen LogP contribution is 2.20. The first-order valence-electron chi connectivity index (χ1n) is 39.2. The van der Waals surface area contributed by atoms with Gasteiger partial charge in [0.2, 0.25) is 94.5 Å². The summed E-state index contributed by atoms with van der Waals surface area (Å²) < 4.78 is 0. The summed E-state index contributed by atoms with van der Waals surface area (Å²) in [6, 6.07) is -11.5. The van der Waals surface area contributed by atoms with Crippen LogP contribution in [0.1, 0.15) is 131 Å². The molecule has 0 bridgehead atoms. The van der Waals surface area contributed by atoms with Crippen molar-refractivity contribution >= 4 is 118 Å². The third kappa shape index (κ3) is 35.7. The van der Waals surface area contributed by atoms with Gasteiger partial charge in [0.15, 0.2) is 0 Å². The first-order valence-corrected chi connectivity index (χ1v) is 39.2. The van der Waals surface area contributed by atoms with E-state index in [2.05, 4.69) is 79.8 Å². The largest absolute Gasteiger partial charge is 0.508 e. The standard InChI is InChI=1S/C76H114N18O28/c1-9-38(6)62(90-53(99)31-78)75(121)85-46(23-24-56(102)103)66(112)80-33-55(101)94-26-12-14-52(94)72(118)79-32-54(100)83-49(29-57(104)105)70(116)91-61(37(4)5)74(120)93-63(40(8)96)76(122)88-48(28-42-17-21-44(98)22-18-42)68(114)87-47(27-41-15-19-43(97)20-16-41)67(113)82-39(7)64(110)86-50(30-58(106)107)69(115)89-51(35-95)71(117)92-60(36(2)3)73(119)84-45(13-10-11-25-77)65(111)81-34-59(108)109/h15-22,36-40,45-52,60-63,95-98H,9-14,23-35,77-78H2,1-8H3,(H,79,118)(H,80,112)(H,81,111)(H,82,113)(H,83,100)(H,84,119)(H,85,121)(H,86,110)(H,87,114)(H,88,122)(H,89,115)(H,90,99)(H,91,116)(H,92,117)(H,93,120)(H,102,103)(H,104,105)(H,106,107)(H,108,109)/t38-,39-,40+,45-,46-,47-,48-,49-,50-,51-,52-,60-,61-,62-,63-/m0/s1. The van der Waals surface area contributed by atoms with Gasteiger partial charge >= 0.3 is 23.9 Å². The monoisotopic (exact) mass is 1730 g/mol. The number of carboxylic acids is 4. The minimum atomic E-state index is -2.07. The minimum Gasteiger partial charge on any atom is -0.508 e. The molecule has 0 aromatic heterocycles. The molecule has 0 radical (unpaired) electrons. The number of carbonyl (C=O) groups excluding carboxylic acids is 16. The molecule has 1 heterocycles. The van der Waals surface area contributed by atoms with Crippen LogP contribution in [-0.4, -0.2) is 295 Å². The van der Waals surface area contributed by atoms with Crippen LogP contribution in [0, 0.1) is 17.8 Å². The number of amides is 16. The van der Waals surface area contributed by atoms with Gasteiger partial charge < -0.3 is 137 Å². The van der Waals surface area contributed by atoms with E-state index in [1.165, 1.54) is 76.2 Å². The number of nitrogens with zero attached hydrogens (tertiary/aromatic N) is 1. The number of aliphatic hydroxyl groups excluding tert-OH is 2. The topological polar surface area (TPSA) is 739 Å². The predicted molar refractivity (Wildman–Crippen MR) is 425 cm³/mol. The molecular weight excluding hydrogens is 1610 g/mol. The fourth-order valence-corrected chi connectivity index (χ4v) is 12.1. The smallest absolute Gasteiger partial charge is 0.322 e. The van der Waals surface area contributed by atoms with Crippen LogP contribution in [-0.2, 0) is 109 Å². The Morgan fingerprint density at radius 2 is 0.852 bits per heavy atom. The van der Waals surface area contributed by atoms with Crippen LogP contribution in [0.2, 0.25) is 0 Å². The van der Waals surface area contributed by atoms with Crippen molar-refractivity contribution in [2.75, 3.05) is 45.9 Å². The number of aromatic hydroxyl groups is 2. The third-order valence-corrected chi connectivity index (χ3v) is 19.2. The molecule has 122 heavy (non-hydrogen) atoms. The van der Waals surface area contributed by atoms with Crippen molar-refractivity contribution in [2.24, 2.45) is 29.2 Å². The second kappa shape index (κ2) is 51.7. The molecule has 1 aliphatic rings. The molecule has 16 amide bonds. The van der Waals surface area contributed by atoms with Gasteiger partial charge in [0, 0.05) is 25.8 Å². The molecule has 1 aliphatic heterocycles. The summed E-state index contributed by atoms with van der Waals surface area (Å²) in [5, 5.41) is 115. The Hall–Kier alpha value is -12.7. The van der Waals surface area contributed by atoms with Gasteiger partial charge in [-0.05, 0) is 112 Å². The van der Waals surface area contributed by atoms with E-state index in [1.807, 2.05) is 0 Å². The highest BCUT2D eigenvalue weighted by molar-refractivity contribution is 6.02. The number of phenols is 2. The average Bonchev–Trinajstić information content (AvgIpc) is 1.51. The normalized spacial score (nSPS) is 15.8. The number of aliphatic carboxylic acids is 4. The number of hydrogen-bond donors (Lipinski definition) is 25. The van der Waals surface area contributed by atoms with E-state index in [0.29, 0.717) is 19.3 Å². The Morgan fingerprint density at radius 1 is 0.426 bits per heavy atom. The molecule has 0 spiro atoms. The van der Waals surface area contributed by atoms with Gasteiger partial charge in [0.05, 0.1) is 45.2 Å². The third-order valence-electron chi connectivity index (χ3n) is 19.2. The number of benzene rings is 2. The van der Waals surface area contributed by atoms with E-state index >= 15 is 0 Å². The number of aliphatic hydroxyl groups is 2. The number of likely N-dealkylation sites (tertiary alicyclic amines) is 1. The number of unbranched alkanes of at least 4 members (excludes halogenated alkanes) is 1. The molecule has 676 valence electrons. The molecule has 46 nitrogen and oxygen atoms in total. The van der Waals surface area contributed by atoms with Crippen molar-refractivity contribution in [3.05, 3.63) is 59.7 Å². The zero-order chi connectivity index (χ0) is 91.9. The number of carboxylic acid groups (broad SMARTS) is 4. The summed E-state index contributed by atoms with van der Waals surface area (Å²) in [7, 11) is 0. The van der Waals surface area contributed by atoms with Gasteiger partial charge in [-0.15, -0.1) is 0 Å². The van der Waals surface area contributed by atoms with E-state index in [4.69, 9.17) is 16.6 Å². The van der Waals surface area contributed by atoms with Crippen LogP contribution in [0.3, 0.4) is 0 Å². The second-order valence-corrected chi connectivity index (χ2v) is 29.7.